The van der Waals surface area contributed by atoms with E-state index in [-0.39, 0.29) is 17.4 Å². The molecule has 0 radical (unpaired) electrons. The zero-order valence-corrected chi connectivity index (χ0v) is 13.8. The van der Waals surface area contributed by atoms with Crippen LogP contribution >= 0.6 is 23.1 Å². The van der Waals surface area contributed by atoms with Gasteiger partial charge in [-0.25, -0.2) is 4.98 Å². The van der Waals surface area contributed by atoms with Crippen molar-refractivity contribution in [2.75, 3.05) is 12.9 Å². The lowest BCUT2D eigenvalue weighted by atomic mass is 10.2. The van der Waals surface area contributed by atoms with Crippen LogP contribution in [0.3, 0.4) is 0 Å². The second-order valence-corrected chi connectivity index (χ2v) is 6.64. The number of ether oxygens (including phenoxy) is 1. The summed E-state index contributed by atoms with van der Waals surface area (Å²) in [6, 6.07) is 1.50. The van der Waals surface area contributed by atoms with Crippen molar-refractivity contribution >= 4 is 34.0 Å². The first kappa shape index (κ1) is 16.0. The fourth-order valence-electron chi connectivity index (χ4n) is 1.72. The van der Waals surface area contributed by atoms with Crippen molar-refractivity contribution in [3.05, 3.63) is 27.1 Å². The Morgan fingerprint density at radius 1 is 1.57 bits per heavy atom. The van der Waals surface area contributed by atoms with Crippen LogP contribution in [0.25, 0.3) is 4.96 Å². The van der Waals surface area contributed by atoms with Gasteiger partial charge in [0.25, 0.3) is 5.56 Å². The topological polar surface area (TPSA) is 73.6 Å². The molecule has 0 amide bonds. The van der Waals surface area contributed by atoms with Gasteiger partial charge in [-0.1, -0.05) is 25.2 Å². The van der Waals surface area contributed by atoms with Crippen LogP contribution in [0.15, 0.2) is 10.9 Å². The molecule has 21 heavy (non-hydrogen) atoms. The number of rotatable bonds is 6. The number of nitrogens with zero attached hydrogens (tertiary/aromatic N) is 3. The highest BCUT2D eigenvalue weighted by Crippen LogP contribution is 2.17. The lowest BCUT2D eigenvalue weighted by Gasteiger charge is -2.07. The molecule has 114 valence electrons. The summed E-state index contributed by atoms with van der Waals surface area (Å²) in [5, 5.41) is 5.10. The molecule has 2 aromatic heterocycles. The van der Waals surface area contributed by atoms with Gasteiger partial charge in [0, 0.05) is 17.6 Å². The van der Waals surface area contributed by atoms with Gasteiger partial charge in [0.05, 0.1) is 18.7 Å². The van der Waals surface area contributed by atoms with Crippen LogP contribution in [0.5, 0.6) is 0 Å². The van der Waals surface area contributed by atoms with Gasteiger partial charge in [-0.15, -0.1) is 0 Å². The highest BCUT2D eigenvalue weighted by Gasteiger charge is 2.13. The maximum atomic E-state index is 12.0. The third-order valence-corrected chi connectivity index (χ3v) is 5.15. The van der Waals surface area contributed by atoms with Crippen LogP contribution in [0, 0.1) is 5.92 Å². The van der Waals surface area contributed by atoms with Crippen LogP contribution in [-0.2, 0) is 21.7 Å². The third-order valence-electron chi connectivity index (χ3n) is 2.86. The Hall–Kier alpha value is -1.41. The van der Waals surface area contributed by atoms with Crippen molar-refractivity contribution in [3.63, 3.8) is 0 Å². The molecule has 1 atom stereocenters. The summed E-state index contributed by atoms with van der Waals surface area (Å²) in [5.74, 6) is 0.837. The molecule has 2 rings (SSSR count). The molecular formula is C13H17N3O3S2. The summed E-state index contributed by atoms with van der Waals surface area (Å²) < 4.78 is 6.02. The van der Waals surface area contributed by atoms with E-state index in [0.29, 0.717) is 22.2 Å². The van der Waals surface area contributed by atoms with Gasteiger partial charge in [-0.05, 0) is 6.42 Å². The minimum absolute atomic E-state index is 0.160. The molecule has 0 aromatic carbocycles. The molecular weight excluding hydrogens is 310 g/mol. The largest absolute Gasteiger partial charge is 0.469 e. The van der Waals surface area contributed by atoms with E-state index >= 15 is 0 Å². The number of fused-ring (bicyclic) bond motifs is 1. The maximum absolute atomic E-state index is 12.0. The molecule has 0 bridgehead atoms. The van der Waals surface area contributed by atoms with E-state index < -0.39 is 0 Å². The Kier molecular flexibility index (Phi) is 5.35. The predicted molar refractivity (Wildman–Crippen MR) is 83.9 cm³/mol. The number of hydrogen-bond donors (Lipinski definition) is 0. The van der Waals surface area contributed by atoms with Crippen molar-refractivity contribution in [3.8, 4) is 0 Å². The third kappa shape index (κ3) is 3.82. The van der Waals surface area contributed by atoms with E-state index in [2.05, 4.69) is 14.8 Å². The second kappa shape index (κ2) is 7.04. The fourth-order valence-corrected chi connectivity index (χ4v) is 3.54. The Morgan fingerprint density at radius 3 is 3.00 bits per heavy atom. The molecule has 6 nitrogen and oxygen atoms in total. The van der Waals surface area contributed by atoms with Crippen LogP contribution in [-0.4, -0.2) is 33.4 Å². The number of aryl methyl sites for hydroxylation is 1. The van der Waals surface area contributed by atoms with Crippen molar-refractivity contribution < 1.29 is 9.53 Å². The van der Waals surface area contributed by atoms with Gasteiger partial charge in [0.1, 0.15) is 5.01 Å². The predicted octanol–water partition coefficient (Wildman–Crippen LogP) is 1.76. The van der Waals surface area contributed by atoms with Crippen molar-refractivity contribution in [2.24, 2.45) is 5.92 Å². The second-order valence-electron chi connectivity index (χ2n) is 4.57. The van der Waals surface area contributed by atoms with Crippen LogP contribution in [0.2, 0.25) is 0 Å². The van der Waals surface area contributed by atoms with Crippen molar-refractivity contribution in [2.45, 2.75) is 26.0 Å². The van der Waals surface area contributed by atoms with E-state index in [1.54, 1.807) is 11.8 Å². The molecule has 1 unspecified atom stereocenters. The maximum Gasteiger partial charge on any atom is 0.309 e. The van der Waals surface area contributed by atoms with Crippen molar-refractivity contribution in [1.82, 2.24) is 14.6 Å². The number of hydrogen-bond acceptors (Lipinski definition) is 7. The number of thioether (sulfide) groups is 1. The first-order valence-corrected chi connectivity index (χ1v) is 8.56. The highest BCUT2D eigenvalue weighted by molar-refractivity contribution is 7.98. The molecule has 0 saturated carbocycles. The average molecular weight is 327 g/mol. The Morgan fingerprint density at radius 2 is 2.33 bits per heavy atom. The lowest BCUT2D eigenvalue weighted by Crippen LogP contribution is -2.16. The molecule has 0 spiro atoms. The molecule has 0 aliphatic heterocycles. The number of esters is 1. The summed E-state index contributed by atoms with van der Waals surface area (Å²) in [4.78, 5) is 28.3. The van der Waals surface area contributed by atoms with E-state index in [9.17, 15) is 9.59 Å². The van der Waals surface area contributed by atoms with E-state index in [1.807, 2.05) is 13.8 Å². The molecule has 0 aliphatic rings. The smallest absolute Gasteiger partial charge is 0.309 e. The summed E-state index contributed by atoms with van der Waals surface area (Å²) in [6.07, 6.45) is 0.786. The lowest BCUT2D eigenvalue weighted by molar-refractivity contribution is -0.143. The van der Waals surface area contributed by atoms with Gasteiger partial charge in [-0.2, -0.15) is 21.4 Å². The van der Waals surface area contributed by atoms with Crippen LogP contribution < -0.4 is 5.56 Å². The highest BCUT2D eigenvalue weighted by atomic mass is 32.2. The van der Waals surface area contributed by atoms with Gasteiger partial charge in [0.15, 0.2) is 0 Å². The average Bonchev–Trinajstić information content (AvgIpc) is 2.90. The van der Waals surface area contributed by atoms with Gasteiger partial charge in [-0.3, -0.25) is 9.59 Å². The Labute approximate surface area is 130 Å². The van der Waals surface area contributed by atoms with Crippen LogP contribution in [0.4, 0.5) is 0 Å². The normalized spacial score (nSPS) is 12.5. The SMILES string of the molecule is CCc1nn2c(=O)cc(CSCC(C)C(=O)OC)nc2s1. The summed E-state index contributed by atoms with van der Waals surface area (Å²) in [5.41, 5.74) is 0.556. The van der Waals surface area contributed by atoms with E-state index in [4.69, 9.17) is 0 Å². The Bertz CT molecular complexity index is 696. The number of carbonyl (C=O) groups excluding carboxylic acids is 1. The quantitative estimate of drug-likeness (QED) is 0.753. The summed E-state index contributed by atoms with van der Waals surface area (Å²) >= 11 is 2.99. The Balaban J connectivity index is 2.06. The first-order valence-electron chi connectivity index (χ1n) is 6.59. The first-order chi connectivity index (χ1) is 10.0. The fraction of sp³-hybridized carbons (Fsp3) is 0.538. The number of aromatic nitrogens is 3. The molecule has 0 N–H and O–H groups in total. The summed E-state index contributed by atoms with van der Waals surface area (Å²) in [6.45, 7) is 3.81. The zero-order valence-electron chi connectivity index (χ0n) is 12.2. The van der Waals surface area contributed by atoms with Gasteiger partial charge < -0.3 is 4.74 Å². The van der Waals surface area contributed by atoms with E-state index in [1.165, 1.54) is 29.0 Å². The molecule has 0 aliphatic carbocycles. The zero-order chi connectivity index (χ0) is 15.4. The van der Waals surface area contributed by atoms with E-state index in [0.717, 1.165) is 11.4 Å². The van der Waals surface area contributed by atoms with Crippen LogP contribution in [0.1, 0.15) is 24.5 Å². The molecule has 2 aromatic rings. The number of methoxy groups -OCH3 is 1. The monoisotopic (exact) mass is 327 g/mol. The molecule has 8 heteroatoms. The van der Waals surface area contributed by atoms with Crippen molar-refractivity contribution in [1.29, 1.82) is 0 Å². The molecule has 0 fully saturated rings. The minimum atomic E-state index is -0.221. The minimum Gasteiger partial charge on any atom is -0.469 e. The number of carbonyl (C=O) groups is 1. The van der Waals surface area contributed by atoms with Gasteiger partial charge in [0.2, 0.25) is 4.96 Å². The standard InChI is InChI=1S/C13H17N3O3S2/c1-4-10-15-16-11(17)5-9(14-13(16)21-10)7-20-6-8(2)12(18)19-3/h5,8H,4,6-7H2,1-3H3. The summed E-state index contributed by atoms with van der Waals surface area (Å²) in [7, 11) is 1.38. The van der Waals surface area contributed by atoms with Gasteiger partial charge >= 0.3 is 5.97 Å². The molecule has 0 saturated heterocycles. The molecule has 2 heterocycles.